The molecule has 12 aromatic carbocycles. The summed E-state index contributed by atoms with van der Waals surface area (Å²) < 4.78 is 2.58. The molecule has 0 N–H and O–H groups in total. The quantitative estimate of drug-likeness (QED) is 0.151. The van der Waals surface area contributed by atoms with Crippen molar-refractivity contribution in [3.8, 4) is 33.4 Å². The van der Waals surface area contributed by atoms with Gasteiger partial charge in [-0.15, -0.1) is 11.3 Å². The number of nitrogens with zero attached hydrogens (tertiary/aromatic N) is 1. The maximum Gasteiger partial charge on any atom is 0.0554 e. The first-order valence-electron chi connectivity index (χ1n) is 22.0. The van der Waals surface area contributed by atoms with Gasteiger partial charge < -0.3 is 4.90 Å². The van der Waals surface area contributed by atoms with Crippen LogP contribution in [-0.4, -0.2) is 0 Å². The van der Waals surface area contributed by atoms with E-state index in [2.05, 4.69) is 241 Å². The van der Waals surface area contributed by atoms with Crippen molar-refractivity contribution < 1.29 is 0 Å². The molecule has 0 amide bonds. The third-order valence-electron chi connectivity index (χ3n) is 13.2. The Hall–Kier alpha value is -8.04. The van der Waals surface area contributed by atoms with Gasteiger partial charge in [-0.3, -0.25) is 0 Å². The van der Waals surface area contributed by atoms with E-state index in [4.69, 9.17) is 0 Å². The number of fused-ring (bicyclic) bond motifs is 10. The van der Waals surface area contributed by atoms with Gasteiger partial charge in [0.25, 0.3) is 0 Å². The second-order valence-electron chi connectivity index (χ2n) is 16.8. The molecule has 298 valence electrons. The number of hydrogen-bond acceptors (Lipinski definition) is 2. The van der Waals surface area contributed by atoms with Gasteiger partial charge in [-0.1, -0.05) is 176 Å². The minimum absolute atomic E-state index is 1.11. The Labute approximate surface area is 375 Å². The van der Waals surface area contributed by atoms with Gasteiger partial charge in [-0.25, -0.2) is 0 Å². The number of hydrogen-bond donors (Lipinski definition) is 0. The molecule has 0 aliphatic heterocycles. The molecule has 0 aliphatic rings. The van der Waals surface area contributed by atoms with Crippen LogP contribution in [0.15, 0.2) is 237 Å². The molecule has 0 bridgehead atoms. The Bertz CT molecular complexity index is 3950. The summed E-state index contributed by atoms with van der Waals surface area (Å²) in [4.78, 5) is 2.46. The smallest absolute Gasteiger partial charge is 0.0554 e. The first-order valence-corrected chi connectivity index (χ1v) is 22.8. The Balaban J connectivity index is 0.958. The van der Waals surface area contributed by atoms with E-state index in [9.17, 15) is 0 Å². The topological polar surface area (TPSA) is 3.24 Å². The number of thiophene rings is 1. The molecule has 0 spiro atoms. The van der Waals surface area contributed by atoms with E-state index in [0.717, 1.165) is 11.4 Å². The molecule has 2 heteroatoms. The summed E-state index contributed by atoms with van der Waals surface area (Å²) in [6.07, 6.45) is 0. The SMILES string of the molecule is c1cc(-c2ccc(-c3cc4ccccc4c4ccccc34)cc2)cc(N(c2ccc(-c3cc4ccccc4c4ccccc34)cc2)c2cccc3sc4cc5ccccc5cc4c23)c1. The maximum absolute atomic E-state index is 2.46. The van der Waals surface area contributed by atoms with Gasteiger partial charge in [0.15, 0.2) is 0 Å². The van der Waals surface area contributed by atoms with Crippen molar-refractivity contribution in [2.24, 2.45) is 0 Å². The van der Waals surface area contributed by atoms with E-state index >= 15 is 0 Å². The molecular formula is C62H39NS. The van der Waals surface area contributed by atoms with Crippen molar-refractivity contribution in [3.63, 3.8) is 0 Å². The second kappa shape index (κ2) is 14.8. The Morgan fingerprint density at radius 1 is 0.266 bits per heavy atom. The minimum Gasteiger partial charge on any atom is -0.310 e. The van der Waals surface area contributed by atoms with Crippen LogP contribution >= 0.6 is 11.3 Å². The van der Waals surface area contributed by atoms with Gasteiger partial charge in [-0.05, 0) is 148 Å². The molecule has 13 rings (SSSR count). The van der Waals surface area contributed by atoms with Crippen molar-refractivity contribution in [2.45, 2.75) is 0 Å². The summed E-state index contributed by atoms with van der Waals surface area (Å²) in [7, 11) is 0. The molecule has 1 nitrogen and oxygen atoms in total. The van der Waals surface area contributed by atoms with Crippen LogP contribution in [0.5, 0.6) is 0 Å². The molecule has 1 heterocycles. The van der Waals surface area contributed by atoms with Gasteiger partial charge in [0.2, 0.25) is 0 Å². The van der Waals surface area contributed by atoms with Gasteiger partial charge in [-0.2, -0.15) is 0 Å². The zero-order chi connectivity index (χ0) is 42.1. The first kappa shape index (κ1) is 36.6. The number of rotatable bonds is 6. The lowest BCUT2D eigenvalue weighted by atomic mass is 9.92. The second-order valence-corrected chi connectivity index (χ2v) is 17.9. The Morgan fingerprint density at radius 2 is 0.766 bits per heavy atom. The summed E-state index contributed by atoms with van der Waals surface area (Å²) in [5.41, 5.74) is 10.6. The van der Waals surface area contributed by atoms with Crippen LogP contribution in [0.2, 0.25) is 0 Å². The molecule has 0 atom stereocenters. The summed E-state index contributed by atoms with van der Waals surface area (Å²) in [5, 5.41) is 15.3. The monoisotopic (exact) mass is 829 g/mol. The fraction of sp³-hybridized carbons (Fsp3) is 0. The average Bonchev–Trinajstić information content (AvgIpc) is 3.73. The molecule has 0 aliphatic carbocycles. The van der Waals surface area contributed by atoms with E-state index < -0.39 is 0 Å². The molecule has 0 saturated carbocycles. The van der Waals surface area contributed by atoms with Crippen molar-refractivity contribution in [1.82, 2.24) is 0 Å². The fourth-order valence-corrected chi connectivity index (χ4v) is 11.3. The molecule has 0 saturated heterocycles. The van der Waals surface area contributed by atoms with E-state index in [0.29, 0.717) is 0 Å². The zero-order valence-corrected chi connectivity index (χ0v) is 35.7. The standard InChI is InChI=1S/C62H39NS/c1-2-14-45-39-61-58(36-44(45)13-1)62-59(25-12-26-60(62)64-61)63(48-33-31-42(32-34-48)57-38-47-16-4-6-20-51(47)53-22-8-10-24-55(53)57)49-18-11-17-43(35-49)40-27-29-41(30-28-40)56-37-46-15-3-5-19-50(46)52-21-7-9-23-54(52)56/h1-39H. The predicted molar refractivity (Wildman–Crippen MR) is 278 cm³/mol. The molecule has 64 heavy (non-hydrogen) atoms. The normalized spacial score (nSPS) is 11.8. The fourth-order valence-electron chi connectivity index (χ4n) is 10.1. The van der Waals surface area contributed by atoms with Crippen molar-refractivity contribution in [2.75, 3.05) is 4.90 Å². The summed E-state index contributed by atoms with van der Waals surface area (Å²) in [6, 6.07) is 87.3. The maximum atomic E-state index is 2.46. The molecule has 0 unspecified atom stereocenters. The van der Waals surface area contributed by atoms with Crippen molar-refractivity contribution >= 4 is 102 Å². The van der Waals surface area contributed by atoms with Crippen molar-refractivity contribution in [3.05, 3.63) is 237 Å². The number of anilines is 3. The predicted octanol–water partition coefficient (Wildman–Crippen LogP) is 18.3. The number of benzene rings is 12. The summed E-state index contributed by atoms with van der Waals surface area (Å²) in [6.45, 7) is 0. The summed E-state index contributed by atoms with van der Waals surface area (Å²) >= 11 is 1.87. The van der Waals surface area contributed by atoms with Crippen LogP contribution in [0, 0.1) is 0 Å². The van der Waals surface area contributed by atoms with E-state index in [1.807, 2.05) is 11.3 Å². The van der Waals surface area contributed by atoms with Crippen LogP contribution < -0.4 is 4.90 Å². The van der Waals surface area contributed by atoms with Gasteiger partial charge >= 0.3 is 0 Å². The molecule has 13 aromatic rings. The highest BCUT2D eigenvalue weighted by atomic mass is 32.1. The van der Waals surface area contributed by atoms with Crippen molar-refractivity contribution in [1.29, 1.82) is 0 Å². The average molecular weight is 830 g/mol. The third-order valence-corrected chi connectivity index (χ3v) is 14.3. The molecular weight excluding hydrogens is 791 g/mol. The molecule has 0 fully saturated rings. The largest absolute Gasteiger partial charge is 0.310 e. The van der Waals surface area contributed by atoms with E-state index in [1.54, 1.807) is 0 Å². The van der Waals surface area contributed by atoms with Gasteiger partial charge in [0.1, 0.15) is 0 Å². The third kappa shape index (κ3) is 5.99. The summed E-state index contributed by atoms with van der Waals surface area (Å²) in [5.74, 6) is 0. The Kier molecular flexibility index (Phi) is 8.47. The van der Waals surface area contributed by atoms with Crippen LogP contribution in [0.1, 0.15) is 0 Å². The van der Waals surface area contributed by atoms with Gasteiger partial charge in [0.05, 0.1) is 5.69 Å². The zero-order valence-electron chi connectivity index (χ0n) is 34.9. The Morgan fingerprint density at radius 3 is 1.39 bits per heavy atom. The highest BCUT2D eigenvalue weighted by Crippen LogP contribution is 2.47. The minimum atomic E-state index is 1.11. The van der Waals surface area contributed by atoms with Crippen LogP contribution in [-0.2, 0) is 0 Å². The van der Waals surface area contributed by atoms with Crippen LogP contribution in [0.4, 0.5) is 17.1 Å². The highest BCUT2D eigenvalue weighted by molar-refractivity contribution is 7.26. The lowest BCUT2D eigenvalue weighted by molar-refractivity contribution is 1.30. The van der Waals surface area contributed by atoms with E-state index in [-0.39, 0.29) is 0 Å². The van der Waals surface area contributed by atoms with E-state index in [1.165, 1.54) is 113 Å². The van der Waals surface area contributed by atoms with Crippen LogP contribution in [0.25, 0.3) is 107 Å². The van der Waals surface area contributed by atoms with Crippen LogP contribution in [0.3, 0.4) is 0 Å². The lowest BCUT2D eigenvalue weighted by Gasteiger charge is -2.27. The highest BCUT2D eigenvalue weighted by Gasteiger charge is 2.20. The molecule has 1 aromatic heterocycles. The lowest BCUT2D eigenvalue weighted by Crippen LogP contribution is -2.10. The van der Waals surface area contributed by atoms with Gasteiger partial charge in [0, 0.05) is 31.5 Å². The first-order chi connectivity index (χ1) is 31.7. The molecule has 0 radical (unpaired) electrons.